The molecule has 1 heterocycles. The molecule has 14 N–H and O–H groups in total. The summed E-state index contributed by atoms with van der Waals surface area (Å²) in [7, 11) is 0. The molecule has 572 valence electrons. The maximum Gasteiger partial charge on any atom is 0.245 e. The summed E-state index contributed by atoms with van der Waals surface area (Å²) in [4.78, 5) is 183. The number of ketones is 3. The number of carbonyl (C=O) groups is 13. The average Bonchev–Trinajstić information content (AvgIpc) is 1.59. The van der Waals surface area contributed by atoms with Gasteiger partial charge in [-0.25, -0.2) is 0 Å². The highest BCUT2D eigenvalue weighted by molar-refractivity contribution is 5.99. The van der Waals surface area contributed by atoms with Crippen LogP contribution in [-0.4, -0.2) is 167 Å². The Morgan fingerprint density at radius 1 is 0.525 bits per heavy atom. The second-order valence-corrected chi connectivity index (χ2v) is 27.9. The van der Waals surface area contributed by atoms with E-state index in [1.807, 2.05) is 20.8 Å². The third-order valence-electron chi connectivity index (χ3n) is 18.2. The first kappa shape index (κ1) is 89.9. The van der Waals surface area contributed by atoms with Crippen LogP contribution in [0, 0.1) is 17.8 Å². The summed E-state index contributed by atoms with van der Waals surface area (Å²) in [5, 5.41) is 49.4. The van der Waals surface area contributed by atoms with Crippen molar-refractivity contribution in [2.75, 3.05) is 19.6 Å². The van der Waals surface area contributed by atoms with Gasteiger partial charge in [0.1, 0.15) is 42.0 Å². The molecular formula is C75H127N11O15. The van der Waals surface area contributed by atoms with Crippen molar-refractivity contribution in [1.82, 2.24) is 53.2 Å². The molecule has 12 atom stereocenters. The van der Waals surface area contributed by atoms with Crippen molar-refractivity contribution in [3.63, 3.8) is 0 Å². The van der Waals surface area contributed by atoms with Gasteiger partial charge >= 0.3 is 0 Å². The fraction of sp³-hybridized carbons (Fsp3) is 0.747. The summed E-state index contributed by atoms with van der Waals surface area (Å²) in [6.45, 7) is 15.7. The molecule has 1 aliphatic heterocycles. The smallest absolute Gasteiger partial charge is 0.245 e. The lowest BCUT2D eigenvalue weighted by molar-refractivity contribution is -0.137. The topological polar surface area (TPSA) is 409 Å². The molecule has 0 aromatic heterocycles. The number of unbranched alkanes of at least 4 members (excludes halogenated alkanes) is 10. The zero-order valence-corrected chi connectivity index (χ0v) is 62.2. The zero-order valence-electron chi connectivity index (χ0n) is 62.2. The van der Waals surface area contributed by atoms with Crippen molar-refractivity contribution in [2.24, 2.45) is 23.5 Å². The van der Waals surface area contributed by atoms with E-state index in [0.717, 1.165) is 70.6 Å². The molecule has 1 aliphatic rings. The molecule has 1 aromatic carbocycles. The lowest BCUT2D eigenvalue weighted by atomic mass is 9.89. The quantitative estimate of drug-likeness (QED) is 0.0360. The first-order chi connectivity index (χ1) is 48.2. The number of amides is 10. The maximum absolute atomic E-state index is 14.8. The van der Waals surface area contributed by atoms with Gasteiger partial charge in [0.2, 0.25) is 59.1 Å². The molecule has 1 saturated heterocycles. The molecule has 10 amide bonds. The minimum atomic E-state index is -1.71. The van der Waals surface area contributed by atoms with Crippen LogP contribution in [0.4, 0.5) is 0 Å². The van der Waals surface area contributed by atoms with Crippen molar-refractivity contribution in [2.45, 2.75) is 322 Å². The minimum Gasteiger partial charge on any atom is -0.393 e. The Hall–Kier alpha value is -7.19. The molecular weight excluding hydrogens is 1290 g/mol. The molecule has 101 heavy (non-hydrogen) atoms. The van der Waals surface area contributed by atoms with Crippen molar-refractivity contribution >= 4 is 76.4 Å². The molecule has 2 rings (SSSR count). The summed E-state index contributed by atoms with van der Waals surface area (Å²) in [6.07, 6.45) is 9.91. The first-order valence-electron chi connectivity index (χ1n) is 37.9. The third-order valence-corrected chi connectivity index (χ3v) is 18.2. The highest BCUT2D eigenvalue weighted by Gasteiger charge is 2.38. The van der Waals surface area contributed by atoms with E-state index >= 15 is 0 Å². The number of carbonyl (C=O) groups excluding carboxylic acids is 13. The van der Waals surface area contributed by atoms with E-state index in [4.69, 9.17) is 5.73 Å². The number of aliphatic hydroxyl groups excluding tert-OH is 2. The predicted molar refractivity (Wildman–Crippen MR) is 388 cm³/mol. The van der Waals surface area contributed by atoms with Gasteiger partial charge in [-0.3, -0.25) is 62.3 Å². The van der Waals surface area contributed by atoms with E-state index in [9.17, 15) is 72.5 Å². The molecule has 0 bridgehead atoms. The van der Waals surface area contributed by atoms with Crippen LogP contribution in [0.2, 0.25) is 0 Å². The standard InChI is InChI=1S/C75H127N11O15/c1-10-15-16-17-18-28-39-66(93)79-60(40-43-77-65(92)38-27-20-19-25-36-54(89)37-26-22-29-42-76)73(99)86-67(51(9)88)75(101)84-59(33-14-5)71(97)83-61-41-44-78-69(95)55(50(8)87)48-64(91)57(31-12-3)81-70(96)58(32-13-4)82-74(100)62(45-49(6)7)85-68(94)53(46-52-34-23-21-24-35-52)47-63(90)56(30-11-2)80-72(61)98/h21,23-24,34-35,49-51,53,55-62,67,87-88H,10-20,22,25-33,36-48,76H2,1-9H3,(H,77,92)(H,78,95)(H,79,93)(H,80,98)(H,81,96)(H,82,100)(H,83,97)(H,84,101)(H,85,94)(H,86,99)/t50-,51-,53+,55+,56+,57+,58+,59+,60+,61+,62+,67+/m1/s1. The second kappa shape index (κ2) is 51.9. The molecule has 0 saturated carbocycles. The van der Waals surface area contributed by atoms with E-state index in [1.165, 1.54) is 13.8 Å². The van der Waals surface area contributed by atoms with Crippen LogP contribution >= 0.6 is 0 Å². The van der Waals surface area contributed by atoms with Gasteiger partial charge in [0.15, 0.2) is 11.6 Å². The van der Waals surface area contributed by atoms with Crippen molar-refractivity contribution in [3.8, 4) is 0 Å². The molecule has 0 spiro atoms. The number of nitrogens with one attached hydrogen (secondary N) is 10. The highest BCUT2D eigenvalue weighted by atomic mass is 16.3. The molecule has 1 aromatic rings. The Labute approximate surface area is 600 Å². The van der Waals surface area contributed by atoms with Gasteiger partial charge in [0, 0.05) is 57.5 Å². The lowest BCUT2D eigenvalue weighted by Crippen LogP contribution is -2.61. The minimum absolute atomic E-state index is 0.0319. The highest BCUT2D eigenvalue weighted by Crippen LogP contribution is 2.20. The van der Waals surface area contributed by atoms with Crippen LogP contribution in [0.3, 0.4) is 0 Å². The Kier molecular flexibility index (Phi) is 46.2. The molecule has 1 fully saturated rings. The predicted octanol–water partition coefficient (Wildman–Crippen LogP) is 5.47. The normalized spacial score (nSPS) is 20.9. The SMILES string of the molecule is CCCCCCCCC(=O)N[C@@H](CCNC(=O)CCCCCCC(=O)CCCCCN)C(=O)N[C@H](C(=O)N[C@@H](CCC)C(=O)N[C@H]1CCNC(=O)[C@H]([C@@H](C)O)CC(=O)[C@H](CCC)NC(=O)[C@H](CCC)NC(=O)[C@H](CC(C)C)NC(=O)[C@@H](Cc2ccccc2)CC(=O)[C@H](CCC)NC1=O)[C@@H](C)O. The Bertz CT molecular complexity index is 2710. The van der Waals surface area contributed by atoms with Gasteiger partial charge < -0.3 is 69.1 Å². The summed E-state index contributed by atoms with van der Waals surface area (Å²) >= 11 is 0. The summed E-state index contributed by atoms with van der Waals surface area (Å²) in [5.74, 6) is -10.7. The van der Waals surface area contributed by atoms with Gasteiger partial charge in [-0.05, 0) is 115 Å². The zero-order chi connectivity index (χ0) is 75.2. The molecule has 0 aliphatic carbocycles. The number of Topliss-reactive ketones (excluding diaryl/α,β-unsaturated/α-hetero) is 3. The fourth-order valence-electron chi connectivity index (χ4n) is 12.2. The van der Waals surface area contributed by atoms with Gasteiger partial charge in [-0.15, -0.1) is 0 Å². The van der Waals surface area contributed by atoms with Crippen LogP contribution in [0.5, 0.6) is 0 Å². The lowest BCUT2D eigenvalue weighted by Gasteiger charge is -2.28. The van der Waals surface area contributed by atoms with Crippen molar-refractivity contribution < 1.29 is 72.5 Å². The monoisotopic (exact) mass is 1420 g/mol. The van der Waals surface area contributed by atoms with E-state index < -0.39 is 150 Å². The van der Waals surface area contributed by atoms with Crippen LogP contribution < -0.4 is 58.9 Å². The van der Waals surface area contributed by atoms with E-state index in [-0.39, 0.29) is 101 Å². The van der Waals surface area contributed by atoms with Crippen LogP contribution in [0.1, 0.15) is 261 Å². The number of nitrogens with two attached hydrogens (primary N) is 1. The molecule has 0 radical (unpaired) electrons. The maximum atomic E-state index is 14.8. The second-order valence-electron chi connectivity index (χ2n) is 27.9. The number of hydrogen-bond acceptors (Lipinski definition) is 16. The van der Waals surface area contributed by atoms with Crippen molar-refractivity contribution in [1.29, 1.82) is 0 Å². The Morgan fingerprint density at radius 2 is 1.05 bits per heavy atom. The Morgan fingerprint density at radius 3 is 1.62 bits per heavy atom. The Balaban J connectivity index is 2.58. The molecule has 26 nitrogen and oxygen atoms in total. The number of benzene rings is 1. The number of aliphatic hydroxyl groups is 2. The van der Waals surface area contributed by atoms with Crippen LogP contribution in [0.25, 0.3) is 0 Å². The molecule has 0 unspecified atom stereocenters. The molecule has 26 heteroatoms. The first-order valence-corrected chi connectivity index (χ1v) is 37.9. The summed E-state index contributed by atoms with van der Waals surface area (Å²) in [5.41, 5.74) is 6.24. The van der Waals surface area contributed by atoms with Crippen LogP contribution in [0.15, 0.2) is 30.3 Å². The van der Waals surface area contributed by atoms with Gasteiger partial charge in [0.05, 0.1) is 30.2 Å². The fourth-order valence-corrected chi connectivity index (χ4v) is 12.2. The largest absolute Gasteiger partial charge is 0.393 e. The average molecular weight is 1420 g/mol. The summed E-state index contributed by atoms with van der Waals surface area (Å²) < 4.78 is 0. The van der Waals surface area contributed by atoms with Crippen LogP contribution in [-0.2, 0) is 68.7 Å². The number of hydrogen-bond donors (Lipinski definition) is 13. The van der Waals surface area contributed by atoms with E-state index in [2.05, 4.69) is 60.1 Å². The van der Waals surface area contributed by atoms with Crippen molar-refractivity contribution in [3.05, 3.63) is 35.9 Å². The number of rotatable bonds is 43. The third kappa shape index (κ3) is 37.0. The van der Waals surface area contributed by atoms with E-state index in [1.54, 1.807) is 51.1 Å². The van der Waals surface area contributed by atoms with Gasteiger partial charge in [-0.1, -0.05) is 156 Å². The van der Waals surface area contributed by atoms with Gasteiger partial charge in [0.25, 0.3) is 0 Å². The van der Waals surface area contributed by atoms with Gasteiger partial charge in [-0.2, -0.15) is 0 Å². The van der Waals surface area contributed by atoms with E-state index in [0.29, 0.717) is 57.1 Å². The summed E-state index contributed by atoms with van der Waals surface area (Å²) in [6, 6.07) is -1.75.